The van der Waals surface area contributed by atoms with Crippen molar-refractivity contribution in [1.82, 2.24) is 4.72 Å². The fourth-order valence-electron chi connectivity index (χ4n) is 1.41. The summed E-state index contributed by atoms with van der Waals surface area (Å²) in [5, 5.41) is 18.3. The van der Waals surface area contributed by atoms with Crippen LogP contribution in [-0.4, -0.2) is 44.5 Å². The Morgan fingerprint density at radius 2 is 1.95 bits per heavy atom. The van der Waals surface area contributed by atoms with Crippen LogP contribution in [-0.2, 0) is 10.0 Å². The zero-order valence-corrected chi connectivity index (χ0v) is 13.5. The summed E-state index contributed by atoms with van der Waals surface area (Å²) in [6.45, 7) is 0.257. The highest BCUT2D eigenvalue weighted by Gasteiger charge is 2.31. The summed E-state index contributed by atoms with van der Waals surface area (Å²) in [7, 11) is -2.69. The second-order valence-electron chi connectivity index (χ2n) is 4.51. The largest absolute Gasteiger partial charge is 0.495 e. The van der Waals surface area contributed by atoms with Gasteiger partial charge in [0.2, 0.25) is 10.0 Å². The molecule has 0 radical (unpaired) electrons. The highest BCUT2D eigenvalue weighted by molar-refractivity contribution is 9.10. The number of methoxy groups -OCH3 is 1. The number of aliphatic hydroxyl groups is 2. The van der Waals surface area contributed by atoms with Crippen molar-refractivity contribution in [3.8, 4) is 5.75 Å². The average molecular weight is 369 g/mol. The van der Waals surface area contributed by atoms with Gasteiger partial charge in [0.25, 0.3) is 0 Å². The van der Waals surface area contributed by atoms with Crippen LogP contribution < -0.4 is 15.2 Å². The molecule has 0 bridgehead atoms. The minimum Gasteiger partial charge on any atom is -0.495 e. The molecule has 7 nitrogen and oxygen atoms in total. The summed E-state index contributed by atoms with van der Waals surface area (Å²) < 4.78 is 32.4. The predicted octanol–water partition coefficient (Wildman–Crippen LogP) is 0.0615. The molecule has 0 saturated carbocycles. The number of ether oxygens (including phenoxy) is 1. The van der Waals surface area contributed by atoms with Crippen LogP contribution in [0, 0.1) is 0 Å². The van der Waals surface area contributed by atoms with Crippen LogP contribution in [0.15, 0.2) is 21.5 Å². The maximum Gasteiger partial charge on any atom is 0.244 e. The van der Waals surface area contributed by atoms with Crippen LogP contribution in [0.1, 0.15) is 6.92 Å². The van der Waals surface area contributed by atoms with Gasteiger partial charge in [-0.3, -0.25) is 0 Å². The summed E-state index contributed by atoms with van der Waals surface area (Å²) in [5.74, 6) is 0.0943. The number of benzene rings is 1. The number of hydrogen-bond donors (Lipinski definition) is 4. The smallest absolute Gasteiger partial charge is 0.244 e. The third-order valence-corrected chi connectivity index (χ3v) is 5.00. The number of nitrogens with one attached hydrogen (secondary N) is 1. The predicted molar refractivity (Wildman–Crippen MR) is 78.0 cm³/mol. The van der Waals surface area contributed by atoms with Gasteiger partial charge < -0.3 is 20.7 Å². The molecule has 0 fully saturated rings. The van der Waals surface area contributed by atoms with Gasteiger partial charge in [-0.25, -0.2) is 13.1 Å². The summed E-state index contributed by atoms with van der Waals surface area (Å²) in [4.78, 5) is -0.172. The maximum atomic E-state index is 12.3. The molecule has 0 aliphatic rings. The molecule has 0 aliphatic heterocycles. The van der Waals surface area contributed by atoms with Crippen molar-refractivity contribution < 1.29 is 23.4 Å². The van der Waals surface area contributed by atoms with E-state index >= 15 is 0 Å². The fraction of sp³-hybridized carbons (Fsp3) is 0.455. The Balaban J connectivity index is 3.32. The van der Waals surface area contributed by atoms with Gasteiger partial charge in [0.15, 0.2) is 0 Å². The second-order valence-corrected chi connectivity index (χ2v) is 7.01. The summed E-state index contributed by atoms with van der Waals surface area (Å²) in [6.07, 6.45) is 0. The van der Waals surface area contributed by atoms with Gasteiger partial charge in [-0.1, -0.05) is 0 Å². The topological polar surface area (TPSA) is 122 Å². The van der Waals surface area contributed by atoms with E-state index in [4.69, 9.17) is 10.5 Å². The second kappa shape index (κ2) is 6.27. The lowest BCUT2D eigenvalue weighted by molar-refractivity contribution is 0.121. The van der Waals surface area contributed by atoms with Gasteiger partial charge in [0.1, 0.15) is 10.6 Å². The first-order valence-electron chi connectivity index (χ1n) is 5.58. The van der Waals surface area contributed by atoms with Gasteiger partial charge in [0, 0.05) is 10.2 Å². The van der Waals surface area contributed by atoms with E-state index in [0.717, 1.165) is 0 Å². The van der Waals surface area contributed by atoms with E-state index in [2.05, 4.69) is 20.7 Å². The first-order chi connectivity index (χ1) is 9.19. The number of anilines is 1. The summed E-state index contributed by atoms with van der Waals surface area (Å²) >= 11 is 3.18. The average Bonchev–Trinajstić information content (AvgIpc) is 2.40. The first-order valence-corrected chi connectivity index (χ1v) is 7.85. The molecule has 0 spiro atoms. The van der Waals surface area contributed by atoms with E-state index in [1.807, 2.05) is 0 Å². The first kappa shape index (κ1) is 17.2. The Bertz CT molecular complexity index is 587. The fourth-order valence-corrected chi connectivity index (χ4v) is 3.31. The highest BCUT2D eigenvalue weighted by atomic mass is 79.9. The molecule has 20 heavy (non-hydrogen) atoms. The van der Waals surface area contributed by atoms with Crippen LogP contribution in [0.5, 0.6) is 5.75 Å². The molecular weight excluding hydrogens is 352 g/mol. The minimum atomic E-state index is -4.02. The molecule has 0 heterocycles. The molecule has 9 heteroatoms. The van der Waals surface area contributed by atoms with Crippen molar-refractivity contribution in [3.05, 3.63) is 16.6 Å². The van der Waals surface area contributed by atoms with Crippen LogP contribution in [0.4, 0.5) is 5.69 Å². The van der Waals surface area contributed by atoms with Crippen LogP contribution >= 0.6 is 15.9 Å². The van der Waals surface area contributed by atoms with E-state index in [9.17, 15) is 18.6 Å². The van der Waals surface area contributed by atoms with Crippen molar-refractivity contribution in [2.45, 2.75) is 17.4 Å². The molecule has 1 rings (SSSR count). The van der Waals surface area contributed by atoms with E-state index in [-0.39, 0.29) is 16.3 Å². The number of hydrogen-bond acceptors (Lipinski definition) is 6. The van der Waals surface area contributed by atoms with Crippen LogP contribution in [0.25, 0.3) is 0 Å². The molecule has 1 aromatic carbocycles. The van der Waals surface area contributed by atoms with E-state index in [1.165, 1.54) is 26.2 Å². The highest BCUT2D eigenvalue weighted by Crippen LogP contribution is 2.32. The van der Waals surface area contributed by atoms with Gasteiger partial charge in [-0.05, 0) is 35.0 Å². The number of aliphatic hydroxyl groups excluding tert-OH is 2. The van der Waals surface area contributed by atoms with Crippen molar-refractivity contribution in [2.75, 3.05) is 26.1 Å². The van der Waals surface area contributed by atoms with Gasteiger partial charge >= 0.3 is 0 Å². The number of rotatable bonds is 6. The van der Waals surface area contributed by atoms with Crippen LogP contribution in [0.3, 0.4) is 0 Å². The standard InChI is InChI=1S/C11H17BrN2O5S/c1-11(5-15,6-16)14-20(17,18)10-4-8(13)7(12)3-9(10)19-2/h3-4,14-16H,5-6,13H2,1-2H3. The quantitative estimate of drug-likeness (QED) is 0.526. The SMILES string of the molecule is COc1cc(Br)c(N)cc1S(=O)(=O)NC(C)(CO)CO. The summed E-state index contributed by atoms with van der Waals surface area (Å²) in [6, 6.07) is 2.67. The van der Waals surface area contributed by atoms with Gasteiger partial charge in [-0.2, -0.15) is 0 Å². The molecule has 0 atom stereocenters. The maximum absolute atomic E-state index is 12.3. The monoisotopic (exact) mass is 368 g/mol. The zero-order chi connectivity index (χ0) is 15.6. The van der Waals surface area contributed by atoms with Gasteiger partial charge in [-0.15, -0.1) is 0 Å². The van der Waals surface area contributed by atoms with E-state index < -0.39 is 28.8 Å². The Hall–Kier alpha value is -0.870. The molecule has 1 aromatic rings. The van der Waals surface area contributed by atoms with Gasteiger partial charge in [0.05, 0.1) is 25.9 Å². The molecular formula is C11H17BrN2O5S. The Kier molecular flexibility index (Phi) is 5.39. The normalized spacial score (nSPS) is 12.4. The molecule has 0 saturated heterocycles. The van der Waals surface area contributed by atoms with E-state index in [1.54, 1.807) is 0 Å². The summed E-state index contributed by atoms with van der Waals surface area (Å²) in [5.41, 5.74) is 4.52. The Labute approximate surface area is 125 Å². The van der Waals surface area contributed by atoms with Crippen LogP contribution in [0.2, 0.25) is 0 Å². The Morgan fingerprint density at radius 1 is 1.40 bits per heavy atom. The third-order valence-electron chi connectivity index (χ3n) is 2.65. The number of nitrogens with two attached hydrogens (primary N) is 1. The molecule has 0 amide bonds. The third kappa shape index (κ3) is 3.61. The van der Waals surface area contributed by atoms with Crippen molar-refractivity contribution in [3.63, 3.8) is 0 Å². The minimum absolute atomic E-state index is 0.0943. The Morgan fingerprint density at radius 3 is 2.40 bits per heavy atom. The number of nitrogen functional groups attached to an aromatic ring is 1. The van der Waals surface area contributed by atoms with Crippen molar-refractivity contribution in [1.29, 1.82) is 0 Å². The molecule has 114 valence electrons. The van der Waals surface area contributed by atoms with E-state index in [0.29, 0.717) is 4.47 Å². The molecule has 5 N–H and O–H groups in total. The molecule has 0 aromatic heterocycles. The molecule has 0 aliphatic carbocycles. The van der Waals surface area contributed by atoms with Crippen molar-refractivity contribution >= 4 is 31.6 Å². The molecule has 0 unspecified atom stereocenters. The lowest BCUT2D eigenvalue weighted by atomic mass is 10.1. The zero-order valence-electron chi connectivity index (χ0n) is 11.1. The lowest BCUT2D eigenvalue weighted by Gasteiger charge is -2.26. The number of halogens is 1. The van der Waals surface area contributed by atoms with Crippen molar-refractivity contribution in [2.24, 2.45) is 0 Å². The lowest BCUT2D eigenvalue weighted by Crippen LogP contribution is -2.51. The number of sulfonamides is 1.